The van der Waals surface area contributed by atoms with Crippen LogP contribution < -0.4 is 9.47 Å². The largest absolute Gasteiger partial charge is 0.490 e. The minimum absolute atomic E-state index is 0.210. The quantitative estimate of drug-likeness (QED) is 0.232. The van der Waals surface area contributed by atoms with Gasteiger partial charge in [-0.15, -0.1) is 0 Å². The average molecular weight is 518 g/mol. The number of carbonyl (C=O) groups is 2. The molecule has 0 aliphatic carbocycles. The van der Waals surface area contributed by atoms with Gasteiger partial charge in [0, 0.05) is 36.9 Å². The van der Waals surface area contributed by atoms with Crippen LogP contribution in [0.2, 0.25) is 0 Å². The second-order valence-electron chi connectivity index (χ2n) is 9.54. The third-order valence-corrected chi connectivity index (χ3v) is 6.42. The normalized spacial score (nSPS) is 16.1. The molecule has 38 heavy (non-hydrogen) atoms. The van der Waals surface area contributed by atoms with Gasteiger partial charge in [0.05, 0.1) is 6.61 Å². The van der Waals surface area contributed by atoms with E-state index in [0.717, 1.165) is 22.0 Å². The number of aromatic nitrogens is 1. The highest BCUT2D eigenvalue weighted by molar-refractivity contribution is 5.99. The number of fused-ring (bicyclic) bond motifs is 1. The number of cyclic esters (lactones) is 2. The summed E-state index contributed by atoms with van der Waals surface area (Å²) in [7, 11) is 0. The number of ether oxygens (including phenoxy) is 4. The van der Waals surface area contributed by atoms with Crippen molar-refractivity contribution in [3.05, 3.63) is 95.4 Å². The number of benzene rings is 3. The molecular formula is C30H28FNO6. The number of para-hydroxylation sites is 1. The third-order valence-electron chi connectivity index (χ3n) is 6.42. The number of hydrogen-bond acceptors (Lipinski definition) is 6. The van der Waals surface area contributed by atoms with Gasteiger partial charge in [-0.25, -0.2) is 4.39 Å². The van der Waals surface area contributed by atoms with Gasteiger partial charge >= 0.3 is 11.9 Å². The molecule has 0 saturated carbocycles. The van der Waals surface area contributed by atoms with Crippen LogP contribution in [0.4, 0.5) is 4.39 Å². The highest BCUT2D eigenvalue weighted by atomic mass is 19.1. The maximum atomic E-state index is 13.3. The molecule has 1 fully saturated rings. The van der Waals surface area contributed by atoms with Gasteiger partial charge in [-0.1, -0.05) is 36.4 Å². The van der Waals surface area contributed by atoms with E-state index < -0.39 is 29.6 Å². The third kappa shape index (κ3) is 5.07. The fourth-order valence-corrected chi connectivity index (χ4v) is 4.75. The minimum Gasteiger partial charge on any atom is -0.490 e. The number of carbonyl (C=O) groups excluding carboxylic acids is 2. The Morgan fingerprint density at radius 3 is 2.37 bits per heavy atom. The second kappa shape index (κ2) is 10.2. The SMILES string of the molecule is CCOc1cc([C@H](c2c[nH]c3ccccc23)C2C(=O)OC(C)(C)OC2=O)ccc1OCc1ccc(F)cc1. The lowest BCUT2D eigenvalue weighted by molar-refractivity contribution is -0.240. The maximum absolute atomic E-state index is 13.3. The summed E-state index contributed by atoms with van der Waals surface area (Å²) in [4.78, 5) is 29.7. The molecule has 0 unspecified atom stereocenters. The molecule has 4 aromatic rings. The first-order chi connectivity index (χ1) is 18.3. The van der Waals surface area contributed by atoms with Gasteiger partial charge < -0.3 is 23.9 Å². The molecule has 1 aliphatic heterocycles. The van der Waals surface area contributed by atoms with Gasteiger partial charge in [0.25, 0.3) is 5.79 Å². The van der Waals surface area contributed by atoms with Crippen LogP contribution in [0.5, 0.6) is 11.5 Å². The summed E-state index contributed by atoms with van der Waals surface area (Å²) in [5.74, 6) is -3.98. The highest BCUT2D eigenvalue weighted by Gasteiger charge is 2.48. The van der Waals surface area contributed by atoms with E-state index in [1.165, 1.54) is 26.0 Å². The lowest BCUT2D eigenvalue weighted by atomic mass is 9.80. The molecule has 0 spiro atoms. The van der Waals surface area contributed by atoms with Crippen molar-refractivity contribution in [1.82, 2.24) is 4.98 Å². The van der Waals surface area contributed by atoms with Crippen molar-refractivity contribution in [1.29, 1.82) is 0 Å². The zero-order valence-corrected chi connectivity index (χ0v) is 21.3. The molecule has 1 N–H and O–H groups in total. The Hall–Kier alpha value is -4.33. The van der Waals surface area contributed by atoms with Crippen LogP contribution in [0, 0.1) is 11.7 Å². The van der Waals surface area contributed by atoms with Crippen LogP contribution in [0.1, 0.15) is 43.4 Å². The summed E-state index contributed by atoms with van der Waals surface area (Å²) < 4.78 is 36.1. The number of rotatable bonds is 8. The Morgan fingerprint density at radius 1 is 0.947 bits per heavy atom. The van der Waals surface area contributed by atoms with Gasteiger partial charge in [-0.2, -0.15) is 0 Å². The first-order valence-corrected chi connectivity index (χ1v) is 12.4. The van der Waals surface area contributed by atoms with Crippen molar-refractivity contribution in [3.63, 3.8) is 0 Å². The van der Waals surface area contributed by atoms with E-state index in [4.69, 9.17) is 18.9 Å². The molecule has 7 nitrogen and oxygen atoms in total. The van der Waals surface area contributed by atoms with Crippen molar-refractivity contribution in [3.8, 4) is 11.5 Å². The first kappa shape index (κ1) is 25.3. The topological polar surface area (TPSA) is 86.9 Å². The van der Waals surface area contributed by atoms with Crippen molar-refractivity contribution in [2.24, 2.45) is 5.92 Å². The molecule has 0 bridgehead atoms. The van der Waals surface area contributed by atoms with E-state index in [9.17, 15) is 14.0 Å². The number of aromatic amines is 1. The predicted octanol–water partition coefficient (Wildman–Crippen LogP) is 5.87. The molecule has 0 radical (unpaired) electrons. The molecular weight excluding hydrogens is 489 g/mol. The molecule has 196 valence electrons. The number of halogens is 1. The standard InChI is InChI=1S/C30H28FNO6/c1-4-35-25-15-19(11-14-24(25)36-17-18-9-12-20(31)13-10-18)26(22-16-32-23-8-6-5-7-21(22)23)27-28(33)37-30(2,3)38-29(27)34/h5-16,26-27,32H,4,17H2,1-3H3/t26-/m1/s1. The Bertz CT molecular complexity index is 1460. The van der Waals surface area contributed by atoms with Gasteiger partial charge in [0.1, 0.15) is 12.4 Å². The molecule has 1 atom stereocenters. The lowest BCUT2D eigenvalue weighted by Gasteiger charge is -2.36. The van der Waals surface area contributed by atoms with Crippen molar-refractivity contribution in [2.75, 3.05) is 6.61 Å². The summed E-state index contributed by atoms with van der Waals surface area (Å²) in [6.45, 7) is 5.49. The number of esters is 2. The van der Waals surface area contributed by atoms with Crippen LogP contribution in [-0.4, -0.2) is 29.3 Å². The van der Waals surface area contributed by atoms with E-state index >= 15 is 0 Å². The zero-order chi connectivity index (χ0) is 26.9. The molecule has 5 rings (SSSR count). The molecule has 0 amide bonds. The second-order valence-corrected chi connectivity index (χ2v) is 9.54. The summed E-state index contributed by atoms with van der Waals surface area (Å²) in [5, 5.41) is 0.873. The maximum Gasteiger partial charge on any atom is 0.324 e. The van der Waals surface area contributed by atoms with Gasteiger partial charge in [-0.3, -0.25) is 9.59 Å². The van der Waals surface area contributed by atoms with E-state index in [2.05, 4.69) is 4.98 Å². The van der Waals surface area contributed by atoms with Crippen LogP contribution in [-0.2, 0) is 25.7 Å². The number of nitrogens with one attached hydrogen (secondary N) is 1. The van der Waals surface area contributed by atoms with E-state index in [1.54, 1.807) is 36.5 Å². The first-order valence-electron chi connectivity index (χ1n) is 12.4. The molecule has 1 aliphatic rings. The van der Waals surface area contributed by atoms with Crippen molar-refractivity contribution in [2.45, 2.75) is 39.1 Å². The monoisotopic (exact) mass is 517 g/mol. The molecule has 8 heteroatoms. The number of hydrogen-bond donors (Lipinski definition) is 1. The van der Waals surface area contributed by atoms with E-state index in [1.807, 2.05) is 31.2 Å². The molecule has 1 saturated heterocycles. The Labute approximate surface area is 219 Å². The lowest BCUT2D eigenvalue weighted by Crippen LogP contribution is -2.48. The fourth-order valence-electron chi connectivity index (χ4n) is 4.75. The average Bonchev–Trinajstić information content (AvgIpc) is 3.30. The number of H-pyrrole nitrogens is 1. The van der Waals surface area contributed by atoms with Crippen LogP contribution in [0.3, 0.4) is 0 Å². The minimum atomic E-state index is -1.34. The van der Waals surface area contributed by atoms with E-state index in [0.29, 0.717) is 23.7 Å². The Balaban J connectivity index is 1.56. The molecule has 3 aromatic carbocycles. The summed E-state index contributed by atoms with van der Waals surface area (Å²) >= 11 is 0. The summed E-state index contributed by atoms with van der Waals surface area (Å²) in [6, 6.07) is 19.0. The van der Waals surface area contributed by atoms with Crippen LogP contribution >= 0.6 is 0 Å². The summed E-state index contributed by atoms with van der Waals surface area (Å²) in [6.07, 6.45) is 1.80. The van der Waals surface area contributed by atoms with Crippen LogP contribution in [0.25, 0.3) is 10.9 Å². The molecule has 1 aromatic heterocycles. The smallest absolute Gasteiger partial charge is 0.324 e. The van der Waals surface area contributed by atoms with Crippen molar-refractivity contribution >= 4 is 22.8 Å². The highest BCUT2D eigenvalue weighted by Crippen LogP contribution is 2.43. The van der Waals surface area contributed by atoms with Gasteiger partial charge in [-0.05, 0) is 53.9 Å². The Kier molecular flexibility index (Phi) is 6.80. The van der Waals surface area contributed by atoms with Crippen molar-refractivity contribution < 1.29 is 32.9 Å². The Morgan fingerprint density at radius 2 is 1.66 bits per heavy atom. The van der Waals surface area contributed by atoms with Gasteiger partial charge in [0.2, 0.25) is 0 Å². The molecule has 2 heterocycles. The summed E-state index contributed by atoms with van der Waals surface area (Å²) in [5.41, 5.74) is 3.08. The van der Waals surface area contributed by atoms with E-state index in [-0.39, 0.29) is 12.4 Å². The van der Waals surface area contributed by atoms with Gasteiger partial charge in [0.15, 0.2) is 17.4 Å². The van der Waals surface area contributed by atoms with Crippen LogP contribution in [0.15, 0.2) is 72.9 Å². The fraction of sp³-hybridized carbons (Fsp3) is 0.267. The predicted molar refractivity (Wildman–Crippen MR) is 138 cm³/mol. The zero-order valence-electron chi connectivity index (χ0n) is 21.3.